The van der Waals surface area contributed by atoms with Crippen molar-refractivity contribution < 1.29 is 4.79 Å². The largest absolute Gasteiger partial charge is 0.399 e. The van der Waals surface area contributed by atoms with Gasteiger partial charge in [-0.05, 0) is 62.5 Å². The molecule has 2 rings (SSSR count). The summed E-state index contributed by atoms with van der Waals surface area (Å²) in [5, 5.41) is 3.00. The van der Waals surface area contributed by atoms with E-state index in [0.717, 1.165) is 36.7 Å². The fourth-order valence-electron chi connectivity index (χ4n) is 2.70. The van der Waals surface area contributed by atoms with Crippen molar-refractivity contribution in [2.75, 3.05) is 31.9 Å². The van der Waals surface area contributed by atoms with Gasteiger partial charge in [-0.1, -0.05) is 19.1 Å². The Morgan fingerprint density at radius 1 is 1.29 bits per heavy atom. The quantitative estimate of drug-likeness (QED) is 0.622. The first-order chi connectivity index (χ1) is 10.1. The number of rotatable bonds is 6. The lowest BCUT2D eigenvalue weighted by atomic mass is 9.99. The van der Waals surface area contributed by atoms with Crippen molar-refractivity contribution in [2.24, 2.45) is 5.92 Å². The molecule has 4 nitrogen and oxygen atoms in total. The number of hydrogen-bond acceptors (Lipinski definition) is 3. The Hall–Kier alpha value is -1.55. The summed E-state index contributed by atoms with van der Waals surface area (Å²) >= 11 is 0. The van der Waals surface area contributed by atoms with Crippen LogP contribution in [0.25, 0.3) is 0 Å². The van der Waals surface area contributed by atoms with Crippen molar-refractivity contribution in [1.82, 2.24) is 10.2 Å². The number of benzene rings is 1. The van der Waals surface area contributed by atoms with E-state index in [4.69, 9.17) is 5.73 Å². The summed E-state index contributed by atoms with van der Waals surface area (Å²) in [5.74, 6) is 0.966. The van der Waals surface area contributed by atoms with Crippen LogP contribution in [0.1, 0.15) is 31.7 Å². The van der Waals surface area contributed by atoms with E-state index >= 15 is 0 Å². The van der Waals surface area contributed by atoms with E-state index in [1.165, 1.54) is 25.9 Å². The number of nitrogen functional groups attached to an aromatic ring is 1. The van der Waals surface area contributed by atoms with Crippen molar-refractivity contribution >= 4 is 11.6 Å². The first kappa shape index (κ1) is 15.8. The van der Waals surface area contributed by atoms with Crippen molar-refractivity contribution in [3.63, 3.8) is 0 Å². The van der Waals surface area contributed by atoms with Crippen LogP contribution in [0.5, 0.6) is 0 Å². The Morgan fingerprint density at radius 2 is 1.95 bits per heavy atom. The van der Waals surface area contributed by atoms with Gasteiger partial charge in [-0.3, -0.25) is 4.79 Å². The molecule has 1 aliphatic heterocycles. The molecule has 0 saturated carbocycles. The zero-order valence-electron chi connectivity index (χ0n) is 13.0. The van der Waals surface area contributed by atoms with Crippen molar-refractivity contribution in [3.8, 4) is 0 Å². The number of anilines is 1. The molecule has 1 heterocycles. The van der Waals surface area contributed by atoms with Gasteiger partial charge in [-0.25, -0.2) is 0 Å². The SMILES string of the molecule is CC1CCN(CCCNC(=O)Cc2ccc(N)cc2)CC1. The van der Waals surface area contributed by atoms with Gasteiger partial charge in [0, 0.05) is 12.2 Å². The number of piperidine rings is 1. The highest BCUT2D eigenvalue weighted by Gasteiger charge is 2.14. The molecule has 0 radical (unpaired) electrons. The van der Waals surface area contributed by atoms with Crippen LogP contribution in [0.4, 0.5) is 5.69 Å². The molecule has 1 amide bonds. The van der Waals surface area contributed by atoms with Crippen LogP contribution in [0.3, 0.4) is 0 Å². The number of nitrogens with one attached hydrogen (secondary N) is 1. The predicted molar refractivity (Wildman–Crippen MR) is 87.0 cm³/mol. The number of nitrogens with zero attached hydrogens (tertiary/aromatic N) is 1. The van der Waals surface area contributed by atoms with Gasteiger partial charge in [0.2, 0.25) is 5.91 Å². The van der Waals surface area contributed by atoms with Crippen LogP contribution >= 0.6 is 0 Å². The Balaban J connectivity index is 1.58. The van der Waals surface area contributed by atoms with Crippen LogP contribution in [-0.2, 0) is 11.2 Å². The molecule has 3 N–H and O–H groups in total. The van der Waals surface area contributed by atoms with E-state index in [-0.39, 0.29) is 5.91 Å². The second-order valence-corrected chi connectivity index (χ2v) is 6.15. The molecule has 0 bridgehead atoms. The van der Waals surface area contributed by atoms with Gasteiger partial charge in [0.1, 0.15) is 0 Å². The molecule has 0 aliphatic carbocycles. The van der Waals surface area contributed by atoms with E-state index in [1.807, 2.05) is 24.3 Å². The summed E-state index contributed by atoms with van der Waals surface area (Å²) in [6.45, 7) is 6.60. The van der Waals surface area contributed by atoms with Crippen molar-refractivity contribution in [1.29, 1.82) is 0 Å². The van der Waals surface area contributed by atoms with E-state index in [2.05, 4.69) is 17.1 Å². The first-order valence-electron chi connectivity index (χ1n) is 7.97. The fraction of sp³-hybridized carbons (Fsp3) is 0.588. The molecule has 21 heavy (non-hydrogen) atoms. The normalized spacial score (nSPS) is 16.8. The zero-order valence-corrected chi connectivity index (χ0v) is 13.0. The van der Waals surface area contributed by atoms with Crippen LogP contribution in [0.2, 0.25) is 0 Å². The van der Waals surface area contributed by atoms with Crippen LogP contribution in [-0.4, -0.2) is 37.0 Å². The third-order valence-corrected chi connectivity index (χ3v) is 4.19. The molecule has 1 aromatic rings. The average Bonchev–Trinajstić information content (AvgIpc) is 2.48. The molecule has 1 aliphatic rings. The lowest BCUT2D eigenvalue weighted by Crippen LogP contribution is -2.35. The first-order valence-corrected chi connectivity index (χ1v) is 7.97. The summed E-state index contributed by atoms with van der Waals surface area (Å²) in [7, 11) is 0. The number of nitrogens with two attached hydrogens (primary N) is 1. The molecule has 0 spiro atoms. The Labute approximate surface area is 127 Å². The Bertz CT molecular complexity index is 436. The summed E-state index contributed by atoms with van der Waals surface area (Å²) < 4.78 is 0. The van der Waals surface area contributed by atoms with Gasteiger partial charge >= 0.3 is 0 Å². The molecule has 0 unspecified atom stereocenters. The molecule has 0 aromatic heterocycles. The minimum atomic E-state index is 0.0898. The standard InChI is InChI=1S/C17H27N3O/c1-14-7-11-20(12-8-14)10-2-9-19-17(21)13-15-3-5-16(18)6-4-15/h3-6,14H,2,7-13,18H2,1H3,(H,19,21). The van der Waals surface area contributed by atoms with Crippen LogP contribution in [0.15, 0.2) is 24.3 Å². The minimum Gasteiger partial charge on any atom is -0.399 e. The second-order valence-electron chi connectivity index (χ2n) is 6.15. The van der Waals surface area contributed by atoms with E-state index in [9.17, 15) is 4.79 Å². The molecule has 1 saturated heterocycles. The van der Waals surface area contributed by atoms with Gasteiger partial charge < -0.3 is 16.0 Å². The number of amides is 1. The highest BCUT2D eigenvalue weighted by molar-refractivity contribution is 5.78. The minimum absolute atomic E-state index is 0.0898. The summed E-state index contributed by atoms with van der Waals surface area (Å²) in [6, 6.07) is 7.48. The van der Waals surface area contributed by atoms with Crippen molar-refractivity contribution in [2.45, 2.75) is 32.6 Å². The number of hydrogen-bond donors (Lipinski definition) is 2. The van der Waals surface area contributed by atoms with E-state index in [1.54, 1.807) is 0 Å². The summed E-state index contributed by atoms with van der Waals surface area (Å²) in [6.07, 6.45) is 4.08. The number of carbonyl (C=O) groups is 1. The monoisotopic (exact) mass is 289 g/mol. The smallest absolute Gasteiger partial charge is 0.224 e. The van der Waals surface area contributed by atoms with Crippen LogP contribution < -0.4 is 11.1 Å². The van der Waals surface area contributed by atoms with Crippen LogP contribution in [0, 0.1) is 5.92 Å². The van der Waals surface area contributed by atoms with Crippen molar-refractivity contribution in [3.05, 3.63) is 29.8 Å². The van der Waals surface area contributed by atoms with Gasteiger partial charge in [0.25, 0.3) is 0 Å². The Morgan fingerprint density at radius 3 is 2.62 bits per heavy atom. The molecule has 116 valence electrons. The molecule has 4 heteroatoms. The zero-order chi connectivity index (χ0) is 15.1. The predicted octanol–water partition coefficient (Wildman–Crippen LogP) is 2.05. The third-order valence-electron chi connectivity index (χ3n) is 4.19. The molecule has 1 aromatic carbocycles. The average molecular weight is 289 g/mol. The molecule has 1 fully saturated rings. The van der Waals surface area contributed by atoms with Gasteiger partial charge in [0.15, 0.2) is 0 Å². The maximum absolute atomic E-state index is 11.8. The molecule has 0 atom stereocenters. The topological polar surface area (TPSA) is 58.4 Å². The summed E-state index contributed by atoms with van der Waals surface area (Å²) in [5.41, 5.74) is 7.37. The summed E-state index contributed by atoms with van der Waals surface area (Å²) in [4.78, 5) is 14.3. The van der Waals surface area contributed by atoms with E-state index < -0.39 is 0 Å². The van der Waals surface area contributed by atoms with Gasteiger partial charge in [-0.2, -0.15) is 0 Å². The molecular formula is C17H27N3O. The lowest BCUT2D eigenvalue weighted by Gasteiger charge is -2.30. The maximum atomic E-state index is 11.8. The lowest BCUT2D eigenvalue weighted by molar-refractivity contribution is -0.120. The highest BCUT2D eigenvalue weighted by atomic mass is 16.1. The Kier molecular flexibility index (Phi) is 6.05. The van der Waals surface area contributed by atoms with Gasteiger partial charge in [0.05, 0.1) is 6.42 Å². The fourth-order valence-corrected chi connectivity index (χ4v) is 2.70. The third kappa shape index (κ3) is 5.76. The highest BCUT2D eigenvalue weighted by Crippen LogP contribution is 2.15. The van der Waals surface area contributed by atoms with Gasteiger partial charge in [-0.15, -0.1) is 0 Å². The molecular weight excluding hydrogens is 262 g/mol. The number of likely N-dealkylation sites (tertiary alicyclic amines) is 1. The maximum Gasteiger partial charge on any atom is 0.224 e. The second kappa shape index (κ2) is 8.03. The van der Waals surface area contributed by atoms with E-state index in [0.29, 0.717) is 6.42 Å². The number of carbonyl (C=O) groups excluding carboxylic acids is 1.